The standard InChI is InChI=1S/C27H37F3N6O2/c1-17(2)35(16-27(28,29)30)25(32)37-14-21-33-23(31)22-24(34-21)36(15-26(22,3)4)18-10-12-20(13-11-18)38-19-8-6-5-7-9-19/h10-13,17,19,32H,5-9,14-16H2,1-4H3,(H2,31,33,34)/i14D2. The van der Waals surface area contributed by atoms with E-state index in [1.807, 2.05) is 43.0 Å². The number of rotatable bonds is 7. The van der Waals surface area contributed by atoms with Gasteiger partial charge in [0.15, 0.2) is 12.4 Å². The van der Waals surface area contributed by atoms with Crippen molar-refractivity contribution in [3.63, 3.8) is 0 Å². The molecule has 11 heteroatoms. The molecule has 4 rings (SSSR count). The second kappa shape index (κ2) is 10.9. The van der Waals surface area contributed by atoms with Crippen LogP contribution >= 0.6 is 0 Å². The van der Waals surface area contributed by atoms with Gasteiger partial charge in [0.1, 0.15) is 23.9 Å². The maximum atomic E-state index is 13.1. The van der Waals surface area contributed by atoms with Gasteiger partial charge in [0.25, 0.3) is 6.02 Å². The SMILES string of the molecule is [2H]C([2H])(OC(=N)N(CC(F)(F)F)C(C)C)c1nc(N)c2c(n1)N(c1ccc(OC3CCCCC3)cc1)CC2(C)C. The highest BCUT2D eigenvalue weighted by atomic mass is 19.4. The number of anilines is 3. The zero-order chi connectivity index (χ0) is 29.5. The van der Waals surface area contributed by atoms with Crippen molar-refractivity contribution >= 4 is 23.3 Å². The Bertz CT molecular complexity index is 1220. The summed E-state index contributed by atoms with van der Waals surface area (Å²) in [5.41, 5.74) is 7.25. The van der Waals surface area contributed by atoms with Crippen molar-refractivity contribution in [2.45, 2.75) is 90.1 Å². The van der Waals surface area contributed by atoms with E-state index in [-0.39, 0.29) is 11.9 Å². The number of nitrogens with two attached hydrogens (primary N) is 1. The number of nitrogens with zero attached hydrogens (tertiary/aromatic N) is 4. The number of aromatic nitrogens is 2. The summed E-state index contributed by atoms with van der Waals surface area (Å²) in [5, 5.41) is 8.07. The molecular formula is C27H37F3N6O2. The average Bonchev–Trinajstić information content (AvgIpc) is 3.13. The molecule has 1 aromatic heterocycles. The lowest BCUT2D eigenvalue weighted by molar-refractivity contribution is -0.142. The fraction of sp³-hybridized carbons (Fsp3) is 0.593. The molecule has 1 fully saturated rings. The molecule has 2 aliphatic rings. The molecular weight excluding hydrogens is 497 g/mol. The highest BCUT2D eigenvalue weighted by Gasteiger charge is 2.40. The Morgan fingerprint density at radius 1 is 1.21 bits per heavy atom. The highest BCUT2D eigenvalue weighted by molar-refractivity contribution is 5.74. The minimum absolute atomic E-state index is 0.0414. The number of nitrogens with one attached hydrogen (secondary N) is 1. The van der Waals surface area contributed by atoms with E-state index >= 15 is 0 Å². The van der Waals surface area contributed by atoms with Crippen LogP contribution in [0.5, 0.6) is 5.75 Å². The molecule has 0 bridgehead atoms. The van der Waals surface area contributed by atoms with E-state index in [2.05, 4.69) is 9.97 Å². The first-order valence-electron chi connectivity index (χ1n) is 13.9. The quantitative estimate of drug-likeness (QED) is 0.334. The molecule has 1 aliphatic heterocycles. The first-order chi connectivity index (χ1) is 18.6. The van der Waals surface area contributed by atoms with Gasteiger partial charge in [0, 0.05) is 29.3 Å². The van der Waals surface area contributed by atoms with Crippen molar-refractivity contribution in [1.82, 2.24) is 14.9 Å². The van der Waals surface area contributed by atoms with Gasteiger partial charge in [0.05, 0.1) is 8.85 Å². The van der Waals surface area contributed by atoms with Crippen LogP contribution in [-0.4, -0.2) is 52.3 Å². The molecule has 38 heavy (non-hydrogen) atoms. The Hall–Kier alpha value is -3.24. The Balaban J connectivity index is 1.61. The predicted molar refractivity (Wildman–Crippen MR) is 141 cm³/mol. The van der Waals surface area contributed by atoms with Crippen LogP contribution < -0.4 is 15.4 Å². The smallest absolute Gasteiger partial charge is 0.406 e. The topological polar surface area (TPSA) is 101 Å². The normalized spacial score (nSPS) is 18.6. The maximum Gasteiger partial charge on any atom is 0.406 e. The lowest BCUT2D eigenvalue weighted by Crippen LogP contribution is -2.43. The molecule has 3 N–H and O–H groups in total. The maximum absolute atomic E-state index is 13.1. The van der Waals surface area contributed by atoms with Gasteiger partial charge in [-0.15, -0.1) is 0 Å². The van der Waals surface area contributed by atoms with Gasteiger partial charge in [-0.2, -0.15) is 13.2 Å². The van der Waals surface area contributed by atoms with E-state index in [0.29, 0.717) is 22.8 Å². The number of hydrogen-bond acceptors (Lipinski definition) is 7. The van der Waals surface area contributed by atoms with Crippen molar-refractivity contribution in [3.05, 3.63) is 35.7 Å². The molecule has 2 heterocycles. The van der Waals surface area contributed by atoms with E-state index in [1.54, 1.807) is 0 Å². The largest absolute Gasteiger partial charge is 0.490 e. The first-order valence-corrected chi connectivity index (χ1v) is 12.9. The van der Waals surface area contributed by atoms with Crippen LogP contribution in [0.4, 0.5) is 30.5 Å². The fourth-order valence-corrected chi connectivity index (χ4v) is 5.03. The Labute approximate surface area is 224 Å². The van der Waals surface area contributed by atoms with Gasteiger partial charge in [-0.1, -0.05) is 20.3 Å². The van der Waals surface area contributed by atoms with Crippen molar-refractivity contribution in [1.29, 1.82) is 5.41 Å². The Morgan fingerprint density at radius 2 is 1.87 bits per heavy atom. The predicted octanol–water partition coefficient (Wildman–Crippen LogP) is 5.92. The summed E-state index contributed by atoms with van der Waals surface area (Å²) < 4.78 is 67.3. The lowest BCUT2D eigenvalue weighted by Gasteiger charge is -2.29. The third-order valence-corrected chi connectivity index (χ3v) is 6.88. The molecule has 1 aromatic carbocycles. The van der Waals surface area contributed by atoms with Crippen LogP contribution in [0.25, 0.3) is 0 Å². The first kappa shape index (κ1) is 25.1. The summed E-state index contributed by atoms with van der Waals surface area (Å²) in [5.74, 6) is 0.710. The molecule has 0 spiro atoms. The molecule has 1 aliphatic carbocycles. The monoisotopic (exact) mass is 536 g/mol. The number of ether oxygens (including phenoxy) is 2. The van der Waals surface area contributed by atoms with Crippen LogP contribution in [0.15, 0.2) is 24.3 Å². The minimum Gasteiger partial charge on any atom is -0.490 e. The van der Waals surface area contributed by atoms with Gasteiger partial charge in [-0.05, 0) is 63.8 Å². The summed E-state index contributed by atoms with van der Waals surface area (Å²) in [6, 6.07) is 5.85. The second-order valence-corrected chi connectivity index (χ2v) is 10.8. The van der Waals surface area contributed by atoms with Crippen molar-refractivity contribution in [2.75, 3.05) is 23.7 Å². The zero-order valence-electron chi connectivity index (χ0n) is 24.2. The number of amidine groups is 1. The Kier molecular flexibility index (Phi) is 7.16. The molecule has 0 unspecified atom stereocenters. The zero-order valence-corrected chi connectivity index (χ0v) is 22.2. The summed E-state index contributed by atoms with van der Waals surface area (Å²) in [7, 11) is 0. The van der Waals surface area contributed by atoms with Crippen LogP contribution in [0, 0.1) is 5.41 Å². The van der Waals surface area contributed by atoms with E-state index < -0.39 is 42.6 Å². The summed E-state index contributed by atoms with van der Waals surface area (Å²) in [6.45, 7) is 3.06. The minimum atomic E-state index is -4.61. The van der Waals surface area contributed by atoms with E-state index in [1.165, 1.54) is 33.1 Å². The third kappa shape index (κ3) is 6.42. The molecule has 1 saturated carbocycles. The molecule has 8 nitrogen and oxygen atoms in total. The number of nitrogen functional groups attached to an aromatic ring is 1. The summed E-state index contributed by atoms with van der Waals surface area (Å²) in [4.78, 5) is 11.1. The number of fused-ring (bicyclic) bond motifs is 1. The van der Waals surface area contributed by atoms with Gasteiger partial charge in [-0.3, -0.25) is 5.41 Å². The van der Waals surface area contributed by atoms with Crippen LogP contribution in [0.3, 0.4) is 0 Å². The van der Waals surface area contributed by atoms with E-state index in [4.69, 9.17) is 23.4 Å². The molecule has 0 radical (unpaired) electrons. The van der Waals surface area contributed by atoms with Gasteiger partial charge >= 0.3 is 6.18 Å². The van der Waals surface area contributed by atoms with Gasteiger partial charge in [0.2, 0.25) is 0 Å². The molecule has 0 saturated heterocycles. The Morgan fingerprint density at radius 3 is 2.47 bits per heavy atom. The highest BCUT2D eigenvalue weighted by Crippen LogP contribution is 2.45. The lowest BCUT2D eigenvalue weighted by atomic mass is 9.88. The van der Waals surface area contributed by atoms with Crippen molar-refractivity contribution < 1.29 is 25.4 Å². The van der Waals surface area contributed by atoms with Gasteiger partial charge in [-0.25, -0.2) is 9.97 Å². The molecule has 0 amide bonds. The molecule has 208 valence electrons. The molecule has 2 aromatic rings. The average molecular weight is 537 g/mol. The fourth-order valence-electron chi connectivity index (χ4n) is 5.03. The van der Waals surface area contributed by atoms with Crippen LogP contribution in [-0.2, 0) is 16.7 Å². The van der Waals surface area contributed by atoms with Crippen LogP contribution in [0.2, 0.25) is 0 Å². The molecule has 0 atom stereocenters. The number of benzene rings is 1. The van der Waals surface area contributed by atoms with E-state index in [9.17, 15) is 13.2 Å². The summed E-state index contributed by atoms with van der Waals surface area (Å²) in [6.07, 6.45) is 1.27. The number of halogens is 3. The van der Waals surface area contributed by atoms with Crippen molar-refractivity contribution in [3.8, 4) is 5.75 Å². The third-order valence-electron chi connectivity index (χ3n) is 6.88. The number of alkyl halides is 3. The van der Waals surface area contributed by atoms with Crippen LogP contribution in [0.1, 0.15) is 73.9 Å². The van der Waals surface area contributed by atoms with E-state index in [0.717, 1.165) is 24.3 Å². The van der Waals surface area contributed by atoms with Crippen molar-refractivity contribution in [2.24, 2.45) is 0 Å². The number of hydrogen-bond donors (Lipinski definition) is 2. The second-order valence-electron chi connectivity index (χ2n) is 10.8. The van der Waals surface area contributed by atoms with Gasteiger partial charge < -0.3 is 25.0 Å². The summed E-state index contributed by atoms with van der Waals surface area (Å²) >= 11 is 0.